The lowest BCUT2D eigenvalue weighted by Crippen LogP contribution is -2.33. The van der Waals surface area contributed by atoms with E-state index in [1.54, 1.807) is 12.1 Å². The van der Waals surface area contributed by atoms with Crippen LogP contribution in [0.4, 0.5) is 5.69 Å². The van der Waals surface area contributed by atoms with E-state index in [0.717, 1.165) is 31.2 Å². The Hall–Kier alpha value is -1.60. The van der Waals surface area contributed by atoms with Gasteiger partial charge in [0, 0.05) is 11.7 Å². The van der Waals surface area contributed by atoms with Crippen molar-refractivity contribution in [3.05, 3.63) is 57.6 Å². The highest BCUT2D eigenvalue weighted by Crippen LogP contribution is 2.30. The first-order valence-electron chi connectivity index (χ1n) is 8.65. The van der Waals surface area contributed by atoms with E-state index >= 15 is 0 Å². The van der Waals surface area contributed by atoms with E-state index in [1.165, 1.54) is 12.1 Å². The van der Waals surface area contributed by atoms with Crippen molar-refractivity contribution in [2.45, 2.75) is 43.5 Å². The minimum atomic E-state index is -3.85. The zero-order valence-corrected chi connectivity index (χ0v) is 17.1. The number of carbonyl (C=O) groups is 1. The zero-order chi connectivity index (χ0) is 19.6. The maximum Gasteiger partial charge on any atom is 0.257 e. The number of aryl methyl sites for hydroxylation is 1. The number of halogens is 2. The SMILES string of the molecule is Cc1ccc(NC(=O)c2cc(S(=O)(=O)NC3CCCC3)c(Cl)cc2Cl)cc1. The summed E-state index contributed by atoms with van der Waals surface area (Å²) < 4.78 is 28.1. The highest BCUT2D eigenvalue weighted by molar-refractivity contribution is 7.89. The van der Waals surface area contributed by atoms with Crippen molar-refractivity contribution in [3.63, 3.8) is 0 Å². The second-order valence-electron chi connectivity index (χ2n) is 6.69. The first-order valence-corrected chi connectivity index (χ1v) is 10.9. The number of nitrogens with one attached hydrogen (secondary N) is 2. The predicted molar refractivity (Wildman–Crippen MR) is 108 cm³/mol. The van der Waals surface area contributed by atoms with Gasteiger partial charge in [0.2, 0.25) is 10.0 Å². The lowest BCUT2D eigenvalue weighted by Gasteiger charge is -2.15. The lowest BCUT2D eigenvalue weighted by molar-refractivity contribution is 0.102. The molecule has 2 aromatic carbocycles. The number of hydrogen-bond acceptors (Lipinski definition) is 3. The second-order valence-corrected chi connectivity index (χ2v) is 9.18. The summed E-state index contributed by atoms with van der Waals surface area (Å²) in [5.41, 5.74) is 1.70. The molecule has 1 amide bonds. The molecule has 0 spiro atoms. The molecule has 144 valence electrons. The van der Waals surface area contributed by atoms with Gasteiger partial charge in [0.15, 0.2) is 0 Å². The zero-order valence-electron chi connectivity index (χ0n) is 14.8. The molecule has 1 aliphatic rings. The smallest absolute Gasteiger partial charge is 0.257 e. The molecule has 0 atom stereocenters. The molecule has 1 fully saturated rings. The fraction of sp³-hybridized carbons (Fsp3) is 0.316. The maximum absolute atomic E-state index is 12.7. The number of hydrogen-bond donors (Lipinski definition) is 2. The van der Waals surface area contributed by atoms with Crippen molar-refractivity contribution in [2.75, 3.05) is 5.32 Å². The van der Waals surface area contributed by atoms with Crippen LogP contribution in [0, 0.1) is 6.92 Å². The van der Waals surface area contributed by atoms with Crippen molar-refractivity contribution < 1.29 is 13.2 Å². The Morgan fingerprint density at radius 2 is 1.67 bits per heavy atom. The van der Waals surface area contributed by atoms with Crippen molar-refractivity contribution in [2.24, 2.45) is 0 Å². The Morgan fingerprint density at radius 1 is 1.04 bits per heavy atom. The Kier molecular flexibility index (Phi) is 6.11. The van der Waals surface area contributed by atoms with Gasteiger partial charge in [-0.1, -0.05) is 53.7 Å². The van der Waals surface area contributed by atoms with Crippen LogP contribution in [0.1, 0.15) is 41.6 Å². The van der Waals surface area contributed by atoms with E-state index in [1.807, 2.05) is 19.1 Å². The van der Waals surface area contributed by atoms with Gasteiger partial charge in [0.1, 0.15) is 4.90 Å². The maximum atomic E-state index is 12.7. The Balaban J connectivity index is 1.88. The molecule has 1 aliphatic carbocycles. The van der Waals surface area contributed by atoms with Crippen LogP contribution in [0.25, 0.3) is 0 Å². The van der Waals surface area contributed by atoms with Crippen molar-refractivity contribution in [1.82, 2.24) is 4.72 Å². The Labute approximate surface area is 169 Å². The number of rotatable bonds is 5. The van der Waals surface area contributed by atoms with Gasteiger partial charge in [-0.15, -0.1) is 0 Å². The van der Waals surface area contributed by atoms with E-state index in [2.05, 4.69) is 10.0 Å². The Morgan fingerprint density at radius 3 is 2.30 bits per heavy atom. The van der Waals surface area contributed by atoms with Gasteiger partial charge in [-0.3, -0.25) is 4.79 Å². The van der Waals surface area contributed by atoms with Gasteiger partial charge in [-0.2, -0.15) is 0 Å². The monoisotopic (exact) mass is 426 g/mol. The summed E-state index contributed by atoms with van der Waals surface area (Å²) in [6, 6.07) is 9.65. The molecule has 0 heterocycles. The largest absolute Gasteiger partial charge is 0.322 e. The minimum absolute atomic E-state index is 0.0163. The van der Waals surface area contributed by atoms with E-state index in [9.17, 15) is 13.2 Å². The first kappa shape index (κ1) is 20.1. The quantitative estimate of drug-likeness (QED) is 0.722. The van der Waals surface area contributed by atoms with Crippen molar-refractivity contribution >= 4 is 44.8 Å². The van der Waals surface area contributed by atoms with Gasteiger partial charge in [0.05, 0.1) is 15.6 Å². The molecule has 3 rings (SSSR count). The fourth-order valence-electron chi connectivity index (χ4n) is 3.07. The molecular weight excluding hydrogens is 407 g/mol. The van der Waals surface area contributed by atoms with Crippen molar-refractivity contribution in [3.8, 4) is 0 Å². The highest BCUT2D eigenvalue weighted by Gasteiger charge is 2.27. The molecule has 0 aliphatic heterocycles. The van der Waals surface area contributed by atoms with Crippen LogP contribution in [0.2, 0.25) is 10.0 Å². The summed E-state index contributed by atoms with van der Waals surface area (Å²) in [5, 5.41) is 2.79. The number of sulfonamides is 1. The minimum Gasteiger partial charge on any atom is -0.322 e. The molecule has 2 aromatic rings. The van der Waals surface area contributed by atoms with Gasteiger partial charge < -0.3 is 5.32 Å². The molecule has 0 unspecified atom stereocenters. The number of benzene rings is 2. The average Bonchev–Trinajstić information content (AvgIpc) is 3.08. The molecule has 8 heteroatoms. The van der Waals surface area contributed by atoms with Crippen molar-refractivity contribution in [1.29, 1.82) is 0 Å². The van der Waals surface area contributed by atoms with Gasteiger partial charge in [0.25, 0.3) is 5.91 Å². The van der Waals surface area contributed by atoms with Crippen LogP contribution in [0.15, 0.2) is 41.3 Å². The van der Waals surface area contributed by atoms with Crippen LogP contribution in [-0.4, -0.2) is 20.4 Å². The average molecular weight is 427 g/mol. The topological polar surface area (TPSA) is 75.3 Å². The van der Waals surface area contributed by atoms with E-state index in [0.29, 0.717) is 5.69 Å². The van der Waals surface area contributed by atoms with Crippen LogP contribution < -0.4 is 10.0 Å². The molecule has 1 saturated carbocycles. The van der Waals surface area contributed by atoms with Crippen LogP contribution in [0.5, 0.6) is 0 Å². The molecule has 0 aromatic heterocycles. The summed E-state index contributed by atoms with van der Waals surface area (Å²) in [6.45, 7) is 1.94. The van der Waals surface area contributed by atoms with Crippen LogP contribution in [0.3, 0.4) is 0 Å². The molecule has 2 N–H and O–H groups in total. The number of carbonyl (C=O) groups excluding carboxylic acids is 1. The van der Waals surface area contributed by atoms with Crippen LogP contribution >= 0.6 is 23.2 Å². The fourth-order valence-corrected chi connectivity index (χ4v) is 5.23. The first-order chi connectivity index (χ1) is 12.8. The molecule has 0 bridgehead atoms. The van der Waals surface area contributed by atoms with Gasteiger partial charge in [-0.25, -0.2) is 13.1 Å². The number of anilines is 1. The molecule has 5 nitrogen and oxygen atoms in total. The summed E-state index contributed by atoms with van der Waals surface area (Å²) in [6.07, 6.45) is 3.58. The summed E-state index contributed by atoms with van der Waals surface area (Å²) in [7, 11) is -3.85. The third-order valence-electron chi connectivity index (χ3n) is 4.54. The second kappa shape index (κ2) is 8.19. The third kappa shape index (κ3) is 4.82. The Bertz CT molecular complexity index is 954. The normalized spacial score (nSPS) is 15.1. The van der Waals surface area contributed by atoms with E-state index in [4.69, 9.17) is 23.2 Å². The standard InChI is InChI=1S/C19H20Cl2N2O3S/c1-12-6-8-13(9-7-12)22-19(24)15-10-18(17(21)11-16(15)20)27(25,26)23-14-4-2-3-5-14/h6-11,14,23H,2-5H2,1H3,(H,22,24). The summed E-state index contributed by atoms with van der Waals surface area (Å²) in [5.74, 6) is -0.502. The molecule has 27 heavy (non-hydrogen) atoms. The third-order valence-corrected chi connectivity index (χ3v) is 6.84. The molecule has 0 saturated heterocycles. The summed E-state index contributed by atoms with van der Waals surface area (Å²) in [4.78, 5) is 12.5. The summed E-state index contributed by atoms with van der Waals surface area (Å²) >= 11 is 12.3. The van der Waals surface area contributed by atoms with Gasteiger partial charge >= 0.3 is 0 Å². The lowest BCUT2D eigenvalue weighted by atomic mass is 10.2. The number of amides is 1. The van der Waals surface area contributed by atoms with E-state index in [-0.39, 0.29) is 26.5 Å². The van der Waals surface area contributed by atoms with E-state index < -0.39 is 15.9 Å². The predicted octanol–water partition coefficient (Wildman–Crippen LogP) is 4.78. The highest BCUT2D eigenvalue weighted by atomic mass is 35.5. The molecule has 0 radical (unpaired) electrons. The van der Waals surface area contributed by atoms with Gasteiger partial charge in [-0.05, 0) is 44.0 Å². The van der Waals surface area contributed by atoms with Crippen LogP contribution in [-0.2, 0) is 10.0 Å². The molecular formula is C19H20Cl2N2O3S.